The maximum atomic E-state index is 11.9. The van der Waals surface area contributed by atoms with Crippen LogP contribution < -0.4 is 11.1 Å². The van der Waals surface area contributed by atoms with E-state index in [1.807, 2.05) is 37.4 Å². The molecule has 5 nitrogen and oxygen atoms in total. The molecule has 0 radical (unpaired) electrons. The Morgan fingerprint density at radius 1 is 1.38 bits per heavy atom. The van der Waals surface area contributed by atoms with E-state index in [4.69, 9.17) is 5.73 Å². The van der Waals surface area contributed by atoms with Gasteiger partial charge in [0.05, 0.1) is 6.42 Å². The minimum Gasteiger partial charge on any atom is -0.399 e. The average molecular weight is 286 g/mol. The lowest BCUT2D eigenvalue weighted by molar-refractivity contribution is -0.120. The monoisotopic (exact) mass is 286 g/mol. The summed E-state index contributed by atoms with van der Waals surface area (Å²) < 4.78 is 2.09. The smallest absolute Gasteiger partial charge is 0.224 e. The molecule has 1 unspecified atom stereocenters. The number of rotatable bonds is 6. The lowest BCUT2D eigenvalue weighted by Gasteiger charge is -2.14. The summed E-state index contributed by atoms with van der Waals surface area (Å²) in [5, 5.41) is 2.97. The lowest BCUT2D eigenvalue weighted by atomic mass is 10.1. The van der Waals surface area contributed by atoms with Gasteiger partial charge in [-0.2, -0.15) is 0 Å². The maximum absolute atomic E-state index is 11.9. The van der Waals surface area contributed by atoms with E-state index in [0.29, 0.717) is 24.6 Å². The minimum absolute atomic E-state index is 0.0361. The number of carbonyl (C=O) groups excluding carboxylic acids is 1. The predicted molar refractivity (Wildman–Crippen MR) is 83.7 cm³/mol. The van der Waals surface area contributed by atoms with E-state index in [1.165, 1.54) is 0 Å². The molecule has 0 aliphatic heterocycles. The number of nitrogen functional groups attached to an aromatic ring is 1. The molecule has 2 aromatic rings. The van der Waals surface area contributed by atoms with Crippen molar-refractivity contribution in [1.82, 2.24) is 14.9 Å². The van der Waals surface area contributed by atoms with Gasteiger partial charge in [-0.25, -0.2) is 4.98 Å². The maximum Gasteiger partial charge on any atom is 0.224 e. The molecular weight excluding hydrogens is 264 g/mol. The SMILES string of the molecule is Cc1nccn1CC(C)CNC(=O)Cc1ccc(N)cc1. The van der Waals surface area contributed by atoms with Gasteiger partial charge in [0.2, 0.25) is 5.91 Å². The van der Waals surface area contributed by atoms with E-state index in [9.17, 15) is 4.79 Å². The van der Waals surface area contributed by atoms with Gasteiger partial charge in [-0.15, -0.1) is 0 Å². The number of imidazole rings is 1. The molecular formula is C16H22N4O. The van der Waals surface area contributed by atoms with E-state index in [1.54, 1.807) is 6.20 Å². The third-order valence-electron chi connectivity index (χ3n) is 3.42. The van der Waals surface area contributed by atoms with Gasteiger partial charge >= 0.3 is 0 Å². The van der Waals surface area contributed by atoms with Crippen LogP contribution in [-0.2, 0) is 17.8 Å². The fraction of sp³-hybridized carbons (Fsp3) is 0.375. The summed E-state index contributed by atoms with van der Waals surface area (Å²) >= 11 is 0. The van der Waals surface area contributed by atoms with Crippen molar-refractivity contribution in [3.8, 4) is 0 Å². The van der Waals surface area contributed by atoms with Crippen LogP contribution in [0.4, 0.5) is 5.69 Å². The second-order valence-corrected chi connectivity index (χ2v) is 5.45. The number of nitrogens with one attached hydrogen (secondary N) is 1. The van der Waals surface area contributed by atoms with Crippen LogP contribution >= 0.6 is 0 Å². The number of amides is 1. The number of aryl methyl sites for hydroxylation is 1. The zero-order valence-electron chi connectivity index (χ0n) is 12.5. The minimum atomic E-state index is 0.0361. The first-order valence-electron chi connectivity index (χ1n) is 7.13. The third-order valence-corrected chi connectivity index (χ3v) is 3.42. The topological polar surface area (TPSA) is 72.9 Å². The molecule has 3 N–H and O–H groups in total. The highest BCUT2D eigenvalue weighted by molar-refractivity contribution is 5.78. The van der Waals surface area contributed by atoms with Gasteiger partial charge in [0.1, 0.15) is 5.82 Å². The van der Waals surface area contributed by atoms with Gasteiger partial charge in [-0.1, -0.05) is 19.1 Å². The van der Waals surface area contributed by atoms with Crippen molar-refractivity contribution >= 4 is 11.6 Å². The molecule has 1 heterocycles. The first-order valence-corrected chi connectivity index (χ1v) is 7.13. The number of anilines is 1. The molecule has 2 rings (SSSR count). The molecule has 0 spiro atoms. The number of hydrogen-bond acceptors (Lipinski definition) is 3. The molecule has 1 aromatic heterocycles. The van der Waals surface area contributed by atoms with Crippen molar-refractivity contribution in [2.75, 3.05) is 12.3 Å². The van der Waals surface area contributed by atoms with Crippen molar-refractivity contribution in [2.45, 2.75) is 26.8 Å². The molecule has 1 atom stereocenters. The molecule has 0 bridgehead atoms. The average Bonchev–Trinajstić information content (AvgIpc) is 2.85. The summed E-state index contributed by atoms with van der Waals surface area (Å²) in [6, 6.07) is 7.39. The van der Waals surface area contributed by atoms with Crippen LogP contribution in [0.3, 0.4) is 0 Å². The Morgan fingerprint density at radius 3 is 2.71 bits per heavy atom. The van der Waals surface area contributed by atoms with Gasteiger partial charge < -0.3 is 15.6 Å². The summed E-state index contributed by atoms with van der Waals surface area (Å²) in [5.41, 5.74) is 7.31. The lowest BCUT2D eigenvalue weighted by Crippen LogP contribution is -2.31. The summed E-state index contributed by atoms with van der Waals surface area (Å²) in [6.07, 6.45) is 4.14. The van der Waals surface area contributed by atoms with Gasteiger partial charge in [-0.05, 0) is 30.5 Å². The molecule has 112 valence electrons. The van der Waals surface area contributed by atoms with Crippen molar-refractivity contribution in [1.29, 1.82) is 0 Å². The Bertz CT molecular complexity index is 589. The molecule has 1 aromatic carbocycles. The largest absolute Gasteiger partial charge is 0.399 e. The normalized spacial score (nSPS) is 12.1. The molecule has 0 aliphatic rings. The fourth-order valence-electron chi connectivity index (χ4n) is 2.17. The van der Waals surface area contributed by atoms with Crippen molar-refractivity contribution in [2.24, 2.45) is 5.92 Å². The zero-order valence-corrected chi connectivity index (χ0v) is 12.5. The number of benzene rings is 1. The van der Waals surface area contributed by atoms with Gasteiger partial charge in [-0.3, -0.25) is 4.79 Å². The first kappa shape index (κ1) is 15.1. The summed E-state index contributed by atoms with van der Waals surface area (Å²) in [7, 11) is 0. The Kier molecular flexibility index (Phi) is 4.98. The van der Waals surface area contributed by atoms with E-state index < -0.39 is 0 Å². The van der Waals surface area contributed by atoms with Crippen LogP contribution in [0.5, 0.6) is 0 Å². The molecule has 1 amide bonds. The van der Waals surface area contributed by atoms with Crippen LogP contribution in [0.2, 0.25) is 0 Å². The highest BCUT2D eigenvalue weighted by Crippen LogP contribution is 2.06. The van der Waals surface area contributed by atoms with E-state index in [0.717, 1.165) is 17.9 Å². The highest BCUT2D eigenvalue weighted by Gasteiger charge is 2.08. The fourth-order valence-corrected chi connectivity index (χ4v) is 2.17. The van der Waals surface area contributed by atoms with Crippen LogP contribution in [0.25, 0.3) is 0 Å². The Morgan fingerprint density at radius 2 is 2.10 bits per heavy atom. The number of nitrogens with two attached hydrogens (primary N) is 1. The van der Waals surface area contributed by atoms with Gasteiger partial charge in [0, 0.05) is 31.2 Å². The Labute approximate surface area is 125 Å². The second kappa shape index (κ2) is 6.92. The first-order chi connectivity index (χ1) is 10.0. The Hall–Kier alpha value is -2.30. The molecule has 0 fully saturated rings. The highest BCUT2D eigenvalue weighted by atomic mass is 16.1. The van der Waals surface area contributed by atoms with Crippen molar-refractivity contribution < 1.29 is 4.79 Å². The number of hydrogen-bond donors (Lipinski definition) is 2. The molecule has 0 aliphatic carbocycles. The quantitative estimate of drug-likeness (QED) is 0.795. The van der Waals surface area contributed by atoms with Crippen molar-refractivity contribution in [3.63, 3.8) is 0 Å². The number of aromatic nitrogens is 2. The van der Waals surface area contributed by atoms with E-state index in [-0.39, 0.29) is 5.91 Å². The van der Waals surface area contributed by atoms with E-state index in [2.05, 4.69) is 21.8 Å². The van der Waals surface area contributed by atoms with Crippen molar-refractivity contribution in [3.05, 3.63) is 48.0 Å². The number of nitrogens with zero attached hydrogens (tertiary/aromatic N) is 2. The predicted octanol–water partition coefficient (Wildman–Crippen LogP) is 1.77. The molecule has 0 saturated heterocycles. The van der Waals surface area contributed by atoms with Crippen LogP contribution in [0.1, 0.15) is 18.3 Å². The summed E-state index contributed by atoms with van der Waals surface area (Å²) in [6.45, 7) is 5.61. The zero-order chi connectivity index (χ0) is 15.2. The van der Waals surface area contributed by atoms with Crippen LogP contribution in [-0.4, -0.2) is 22.0 Å². The van der Waals surface area contributed by atoms with Gasteiger partial charge in [0.15, 0.2) is 0 Å². The van der Waals surface area contributed by atoms with Crippen LogP contribution in [0, 0.1) is 12.8 Å². The number of carbonyl (C=O) groups is 1. The molecule has 21 heavy (non-hydrogen) atoms. The Balaban J connectivity index is 1.75. The summed E-state index contributed by atoms with van der Waals surface area (Å²) in [5.74, 6) is 1.39. The van der Waals surface area contributed by atoms with Gasteiger partial charge in [0.25, 0.3) is 0 Å². The second-order valence-electron chi connectivity index (χ2n) is 5.45. The molecule has 5 heteroatoms. The van der Waals surface area contributed by atoms with Crippen LogP contribution in [0.15, 0.2) is 36.7 Å². The third kappa shape index (κ3) is 4.63. The summed E-state index contributed by atoms with van der Waals surface area (Å²) in [4.78, 5) is 16.1. The molecule has 0 saturated carbocycles. The van der Waals surface area contributed by atoms with E-state index >= 15 is 0 Å². The standard InChI is InChI=1S/C16H22N4O/c1-12(11-20-8-7-18-13(20)2)10-19-16(21)9-14-3-5-15(17)6-4-14/h3-8,12H,9-11,17H2,1-2H3,(H,19,21).